The lowest BCUT2D eigenvalue weighted by atomic mass is 10.1. The Labute approximate surface area is 95.9 Å². The van der Waals surface area contributed by atoms with Gasteiger partial charge in [0.25, 0.3) is 0 Å². The van der Waals surface area contributed by atoms with E-state index in [1.807, 2.05) is 0 Å². The van der Waals surface area contributed by atoms with E-state index in [0.29, 0.717) is 0 Å². The Hall–Kier alpha value is -1.27. The van der Waals surface area contributed by atoms with Gasteiger partial charge in [0.15, 0.2) is 0 Å². The highest BCUT2D eigenvalue weighted by Gasteiger charge is 2.56. The minimum atomic E-state index is -4.97. The topological polar surface area (TPSA) is 60.3 Å². The van der Waals surface area contributed by atoms with Crippen molar-refractivity contribution in [2.75, 3.05) is 0 Å². The van der Waals surface area contributed by atoms with Crippen molar-refractivity contribution in [3.8, 4) is 0 Å². The van der Waals surface area contributed by atoms with Crippen LogP contribution in [0.3, 0.4) is 0 Å². The van der Waals surface area contributed by atoms with E-state index in [1.54, 1.807) is 6.92 Å². The quantitative estimate of drug-likeness (QED) is 0.813. The Morgan fingerprint density at radius 1 is 1.18 bits per heavy atom. The van der Waals surface area contributed by atoms with Crippen molar-refractivity contribution in [3.05, 3.63) is 0 Å². The van der Waals surface area contributed by atoms with Crippen LogP contribution in [0.5, 0.6) is 0 Å². The molecule has 2 fully saturated rings. The van der Waals surface area contributed by atoms with Crippen LogP contribution >= 0.6 is 0 Å². The Balaban J connectivity index is 1.92. The van der Waals surface area contributed by atoms with Crippen LogP contribution in [0.25, 0.3) is 0 Å². The number of hydrogen-bond acceptors (Lipinski definition) is 2. The van der Waals surface area contributed by atoms with Crippen molar-refractivity contribution in [2.24, 2.45) is 5.41 Å². The maximum atomic E-state index is 12.0. The van der Waals surface area contributed by atoms with Gasteiger partial charge in [-0.25, -0.2) is 5.32 Å². The van der Waals surface area contributed by atoms with Crippen LogP contribution in [-0.2, 0) is 9.59 Å². The number of carbonyl (C=O) groups is 2. The molecule has 4 nitrogen and oxygen atoms in total. The minimum absolute atomic E-state index is 0.288. The molecule has 95 valence electrons. The van der Waals surface area contributed by atoms with E-state index in [0.717, 1.165) is 12.8 Å². The third-order valence-corrected chi connectivity index (χ3v) is 3.18. The van der Waals surface area contributed by atoms with Crippen molar-refractivity contribution in [1.29, 1.82) is 0 Å². The van der Waals surface area contributed by atoms with Crippen LogP contribution < -0.4 is 10.6 Å². The smallest absolute Gasteiger partial charge is 0.331 e. The van der Waals surface area contributed by atoms with E-state index in [4.69, 9.17) is 0 Å². The maximum Gasteiger partial charge on any atom is 0.473 e. The number of amides is 2. The lowest BCUT2D eigenvalue weighted by molar-refractivity contribution is -0.175. The third kappa shape index (κ3) is 2.53. The molecule has 0 saturated heterocycles. The van der Waals surface area contributed by atoms with Crippen molar-refractivity contribution >= 4 is 11.8 Å². The summed E-state index contributed by atoms with van der Waals surface area (Å²) in [4.78, 5) is 22.4. The van der Waals surface area contributed by atoms with E-state index in [-0.39, 0.29) is 18.7 Å². The van der Waals surface area contributed by atoms with E-state index in [9.17, 15) is 22.8 Å². The number of nitrogens with one attached hydrogen (secondary N) is 1. The molecule has 0 atom stereocenters. The van der Waals surface area contributed by atoms with Gasteiger partial charge in [-0.05, 0) is 25.7 Å². The van der Waals surface area contributed by atoms with Gasteiger partial charge in [-0.15, -0.1) is 0 Å². The van der Waals surface area contributed by atoms with Gasteiger partial charge in [-0.2, -0.15) is 13.2 Å². The largest absolute Gasteiger partial charge is 0.473 e. The summed E-state index contributed by atoms with van der Waals surface area (Å²) in [5, 5.41) is 5.52. The van der Waals surface area contributed by atoms with Crippen molar-refractivity contribution in [1.82, 2.24) is 10.6 Å². The summed E-state index contributed by atoms with van der Waals surface area (Å²) in [6, 6.07) is 0. The van der Waals surface area contributed by atoms with Crippen LogP contribution in [0.4, 0.5) is 13.2 Å². The van der Waals surface area contributed by atoms with E-state index in [2.05, 4.69) is 10.6 Å². The minimum Gasteiger partial charge on any atom is -0.331 e. The molecule has 17 heavy (non-hydrogen) atoms. The Morgan fingerprint density at radius 3 is 2.06 bits per heavy atom. The molecule has 0 aliphatic heterocycles. The fraction of sp³-hybridized carbons (Fsp3) is 0.800. The van der Waals surface area contributed by atoms with Gasteiger partial charge < -0.3 is 5.32 Å². The van der Waals surface area contributed by atoms with Gasteiger partial charge in [0, 0.05) is 5.41 Å². The van der Waals surface area contributed by atoms with E-state index < -0.39 is 23.2 Å². The molecule has 1 N–H and O–H groups in total. The number of hydrogen-bond donors (Lipinski definition) is 1. The molecule has 2 aliphatic rings. The molecule has 1 radical (unpaired) electrons. The molecule has 0 unspecified atom stereocenters. The second-order valence-electron chi connectivity index (χ2n) is 4.96. The predicted octanol–water partition coefficient (Wildman–Crippen LogP) is 1.09. The normalized spacial score (nSPS) is 23.8. The fourth-order valence-corrected chi connectivity index (χ4v) is 1.42. The molecule has 0 aromatic rings. The van der Waals surface area contributed by atoms with Crippen molar-refractivity contribution in [2.45, 2.75) is 44.4 Å². The lowest BCUT2D eigenvalue weighted by Crippen LogP contribution is -2.51. The first-order chi connectivity index (χ1) is 7.67. The van der Waals surface area contributed by atoms with Crippen LogP contribution in [0.2, 0.25) is 0 Å². The molecule has 0 bridgehead atoms. The van der Waals surface area contributed by atoms with Crippen molar-refractivity contribution < 1.29 is 22.8 Å². The van der Waals surface area contributed by atoms with Gasteiger partial charge in [0.05, 0.1) is 0 Å². The van der Waals surface area contributed by atoms with E-state index >= 15 is 0 Å². The summed E-state index contributed by atoms with van der Waals surface area (Å²) in [7, 11) is 0. The van der Waals surface area contributed by atoms with Crippen molar-refractivity contribution in [3.63, 3.8) is 0 Å². The summed E-state index contributed by atoms with van der Waals surface area (Å²) < 4.78 is 36.1. The first-order valence-electron chi connectivity index (χ1n) is 5.34. The van der Waals surface area contributed by atoms with Gasteiger partial charge in [0.1, 0.15) is 5.66 Å². The van der Waals surface area contributed by atoms with Crippen LogP contribution in [0.1, 0.15) is 32.6 Å². The average Bonchev–Trinajstić information content (AvgIpc) is 3.05. The zero-order valence-electron chi connectivity index (χ0n) is 9.23. The monoisotopic (exact) mass is 249 g/mol. The molecule has 0 spiro atoms. The van der Waals surface area contributed by atoms with E-state index in [1.165, 1.54) is 0 Å². The Morgan fingerprint density at radius 2 is 1.71 bits per heavy atom. The molecule has 0 aromatic heterocycles. The molecule has 2 amide bonds. The summed E-state index contributed by atoms with van der Waals surface area (Å²) in [6.45, 7) is 1.74. The highest BCUT2D eigenvalue weighted by Crippen LogP contribution is 2.46. The second-order valence-corrected chi connectivity index (χ2v) is 4.96. The van der Waals surface area contributed by atoms with Gasteiger partial charge in [-0.3, -0.25) is 9.59 Å². The predicted molar refractivity (Wildman–Crippen MR) is 50.6 cm³/mol. The van der Waals surface area contributed by atoms with Crippen LogP contribution in [-0.4, -0.2) is 23.7 Å². The fourth-order valence-electron chi connectivity index (χ4n) is 1.42. The number of halogens is 3. The number of nitrogens with zero attached hydrogens (tertiary/aromatic N) is 1. The molecule has 7 heteroatoms. The summed E-state index contributed by atoms with van der Waals surface area (Å²) in [6.07, 6.45) is -2.94. The standard InChI is InChI=1S/C10H12F3N2O2/c1-8(2-3-8)6(16)14-9(4-5-9)15-7(17)10(11,12)13/h2-5H2,1H3,(H,14,16). The Kier molecular flexibility index (Phi) is 2.41. The van der Waals surface area contributed by atoms with Crippen LogP contribution in [0, 0.1) is 5.41 Å². The zero-order chi connectivity index (χ0) is 12.9. The zero-order valence-corrected chi connectivity index (χ0v) is 9.23. The number of rotatable bonds is 3. The second kappa shape index (κ2) is 3.36. The third-order valence-electron chi connectivity index (χ3n) is 3.18. The highest BCUT2D eigenvalue weighted by atomic mass is 19.4. The van der Waals surface area contributed by atoms with Gasteiger partial charge >= 0.3 is 12.1 Å². The number of carbonyl (C=O) groups excluding carboxylic acids is 2. The first-order valence-corrected chi connectivity index (χ1v) is 5.34. The molecule has 2 aliphatic carbocycles. The lowest BCUT2D eigenvalue weighted by Gasteiger charge is -2.19. The van der Waals surface area contributed by atoms with Crippen LogP contribution in [0.15, 0.2) is 0 Å². The summed E-state index contributed by atoms with van der Waals surface area (Å²) in [5.41, 5.74) is -1.78. The summed E-state index contributed by atoms with van der Waals surface area (Å²) in [5.74, 6) is -2.44. The molecule has 2 saturated carbocycles. The molecule has 2 rings (SSSR count). The van der Waals surface area contributed by atoms with Gasteiger partial charge in [0.2, 0.25) is 5.91 Å². The molecule has 0 heterocycles. The van der Waals surface area contributed by atoms with Gasteiger partial charge in [-0.1, -0.05) is 6.92 Å². The molecule has 0 aromatic carbocycles. The first kappa shape index (κ1) is 12.2. The number of alkyl halides is 3. The molecular weight excluding hydrogens is 237 g/mol. The highest BCUT2D eigenvalue weighted by molar-refractivity contribution is 5.87. The summed E-state index contributed by atoms with van der Waals surface area (Å²) >= 11 is 0. The maximum absolute atomic E-state index is 12.0. The average molecular weight is 249 g/mol. The SMILES string of the molecule is CC1(C(=O)NC2([N]C(=O)C(F)(F)F)CC2)CC1. The Bertz CT molecular complexity index is 349. The molecular formula is C10H12F3N2O2.